The van der Waals surface area contributed by atoms with Crippen molar-refractivity contribution in [1.82, 2.24) is 14.9 Å². The number of thiophene rings is 1. The quantitative estimate of drug-likeness (QED) is 0.775. The van der Waals surface area contributed by atoms with Gasteiger partial charge >= 0.3 is 0 Å². The number of amides is 1. The van der Waals surface area contributed by atoms with E-state index >= 15 is 0 Å². The van der Waals surface area contributed by atoms with Gasteiger partial charge < -0.3 is 19.4 Å². The number of ether oxygens (including phenoxy) is 2. The molecule has 25 heavy (non-hydrogen) atoms. The standard InChI is InChI=1S/C17H15N3O4S/c1-9-13-16(19-7-20(2)17(13)22)25-14(9)15(21)18-6-10-3-4-11-12(5-10)24-8-23-11/h3-5,7H,6,8H2,1-2H3,(H,18,21). The van der Waals surface area contributed by atoms with Gasteiger partial charge in [-0.05, 0) is 30.2 Å². The third-order valence-corrected chi connectivity index (χ3v) is 5.31. The van der Waals surface area contributed by atoms with Crippen LogP contribution in [0.15, 0.2) is 29.3 Å². The maximum absolute atomic E-state index is 12.5. The molecule has 1 N–H and O–H groups in total. The smallest absolute Gasteiger partial charge is 0.262 e. The number of aromatic nitrogens is 2. The molecule has 1 aliphatic heterocycles. The van der Waals surface area contributed by atoms with Gasteiger partial charge in [-0.1, -0.05) is 6.07 Å². The maximum atomic E-state index is 12.5. The number of fused-ring (bicyclic) bond motifs is 2. The van der Waals surface area contributed by atoms with Crippen LogP contribution in [0.1, 0.15) is 20.8 Å². The van der Waals surface area contributed by atoms with E-state index in [4.69, 9.17) is 9.47 Å². The molecule has 2 aromatic heterocycles. The Morgan fingerprint density at radius 3 is 3.00 bits per heavy atom. The van der Waals surface area contributed by atoms with E-state index in [9.17, 15) is 9.59 Å². The summed E-state index contributed by atoms with van der Waals surface area (Å²) in [6.07, 6.45) is 1.47. The molecule has 128 valence electrons. The van der Waals surface area contributed by atoms with E-state index in [1.165, 1.54) is 22.2 Å². The van der Waals surface area contributed by atoms with Crippen LogP contribution in [0.2, 0.25) is 0 Å². The minimum absolute atomic E-state index is 0.145. The second-order valence-corrected chi connectivity index (χ2v) is 6.77. The molecule has 7 nitrogen and oxygen atoms in total. The van der Waals surface area contributed by atoms with Crippen LogP contribution in [0, 0.1) is 6.92 Å². The summed E-state index contributed by atoms with van der Waals surface area (Å²) in [5.74, 6) is 1.16. The van der Waals surface area contributed by atoms with Crippen molar-refractivity contribution < 1.29 is 14.3 Å². The Kier molecular flexibility index (Phi) is 3.69. The summed E-state index contributed by atoms with van der Waals surface area (Å²) in [6.45, 7) is 2.35. The average molecular weight is 357 g/mol. The normalized spacial score (nSPS) is 12.6. The van der Waals surface area contributed by atoms with Crippen LogP contribution in [-0.2, 0) is 13.6 Å². The van der Waals surface area contributed by atoms with Gasteiger partial charge in [-0.25, -0.2) is 4.98 Å². The summed E-state index contributed by atoms with van der Waals surface area (Å²) in [5.41, 5.74) is 1.43. The van der Waals surface area contributed by atoms with Gasteiger partial charge in [0.05, 0.1) is 16.6 Å². The highest BCUT2D eigenvalue weighted by atomic mass is 32.1. The molecule has 0 saturated heterocycles. The number of aryl methyl sites for hydroxylation is 2. The van der Waals surface area contributed by atoms with E-state index in [0.29, 0.717) is 38.7 Å². The van der Waals surface area contributed by atoms with Gasteiger partial charge in [0.2, 0.25) is 6.79 Å². The fourth-order valence-corrected chi connectivity index (χ4v) is 3.79. The molecule has 1 amide bonds. The summed E-state index contributed by atoms with van der Waals surface area (Å²) in [5, 5.41) is 3.38. The van der Waals surface area contributed by atoms with E-state index in [1.807, 2.05) is 18.2 Å². The van der Waals surface area contributed by atoms with E-state index in [1.54, 1.807) is 14.0 Å². The van der Waals surface area contributed by atoms with Crippen LogP contribution in [0.3, 0.4) is 0 Å². The number of rotatable bonds is 3. The number of nitrogens with one attached hydrogen (secondary N) is 1. The Bertz CT molecular complexity index is 1050. The molecule has 0 fully saturated rings. The minimum Gasteiger partial charge on any atom is -0.454 e. The van der Waals surface area contributed by atoms with Crippen molar-refractivity contribution >= 4 is 27.5 Å². The van der Waals surface area contributed by atoms with Crippen molar-refractivity contribution in [3.63, 3.8) is 0 Å². The molecular formula is C17H15N3O4S. The highest BCUT2D eigenvalue weighted by Crippen LogP contribution is 2.32. The SMILES string of the molecule is Cc1c(C(=O)NCc2ccc3c(c2)OCO3)sc2ncn(C)c(=O)c12. The van der Waals surface area contributed by atoms with Crippen LogP contribution in [0.25, 0.3) is 10.2 Å². The first-order chi connectivity index (χ1) is 12.0. The molecule has 3 heterocycles. The summed E-state index contributed by atoms with van der Waals surface area (Å²) >= 11 is 1.23. The molecule has 0 bridgehead atoms. The third-order valence-electron chi connectivity index (χ3n) is 4.11. The van der Waals surface area contributed by atoms with Gasteiger partial charge in [0.1, 0.15) is 4.83 Å². The maximum Gasteiger partial charge on any atom is 0.262 e. The van der Waals surface area contributed by atoms with Crippen molar-refractivity contribution in [3.05, 3.63) is 50.9 Å². The Morgan fingerprint density at radius 1 is 1.36 bits per heavy atom. The average Bonchev–Trinajstić information content (AvgIpc) is 3.20. The van der Waals surface area contributed by atoms with Crippen molar-refractivity contribution in [2.45, 2.75) is 13.5 Å². The second-order valence-electron chi connectivity index (χ2n) is 5.77. The predicted molar refractivity (Wildman–Crippen MR) is 93.3 cm³/mol. The van der Waals surface area contributed by atoms with Gasteiger partial charge in [-0.2, -0.15) is 0 Å². The molecule has 0 spiro atoms. The zero-order valence-electron chi connectivity index (χ0n) is 13.7. The fraction of sp³-hybridized carbons (Fsp3) is 0.235. The number of nitrogens with zero attached hydrogens (tertiary/aromatic N) is 2. The molecule has 0 aliphatic carbocycles. The van der Waals surface area contributed by atoms with Gasteiger partial charge in [-0.15, -0.1) is 11.3 Å². The van der Waals surface area contributed by atoms with E-state index in [-0.39, 0.29) is 18.3 Å². The highest BCUT2D eigenvalue weighted by Gasteiger charge is 2.19. The molecule has 0 unspecified atom stereocenters. The number of carbonyl (C=O) groups is 1. The molecule has 3 aromatic rings. The lowest BCUT2D eigenvalue weighted by Gasteiger charge is -2.06. The molecule has 0 radical (unpaired) electrons. The Balaban J connectivity index is 1.57. The summed E-state index contributed by atoms with van der Waals surface area (Å²) < 4.78 is 12.0. The monoisotopic (exact) mass is 357 g/mol. The molecule has 0 saturated carbocycles. The van der Waals surface area contributed by atoms with E-state index < -0.39 is 0 Å². The van der Waals surface area contributed by atoms with E-state index in [2.05, 4.69) is 10.3 Å². The van der Waals surface area contributed by atoms with Crippen molar-refractivity contribution in [2.75, 3.05) is 6.79 Å². The lowest BCUT2D eigenvalue weighted by atomic mass is 10.2. The van der Waals surface area contributed by atoms with Gasteiger partial charge in [0.15, 0.2) is 11.5 Å². The zero-order chi connectivity index (χ0) is 17.6. The molecule has 4 rings (SSSR count). The predicted octanol–water partition coefficient (Wildman–Crippen LogP) is 1.96. The first kappa shape index (κ1) is 15.6. The fourth-order valence-electron chi connectivity index (χ4n) is 2.74. The summed E-state index contributed by atoms with van der Waals surface area (Å²) in [6, 6.07) is 5.54. The van der Waals surface area contributed by atoms with Crippen molar-refractivity contribution in [3.8, 4) is 11.5 Å². The number of hydrogen-bond acceptors (Lipinski definition) is 6. The molecule has 0 atom stereocenters. The highest BCUT2D eigenvalue weighted by molar-refractivity contribution is 7.20. The van der Waals surface area contributed by atoms with Crippen molar-refractivity contribution in [2.24, 2.45) is 7.05 Å². The number of hydrogen-bond donors (Lipinski definition) is 1. The van der Waals surface area contributed by atoms with Gasteiger partial charge in [-0.3, -0.25) is 9.59 Å². The lowest BCUT2D eigenvalue weighted by molar-refractivity contribution is 0.0954. The third kappa shape index (κ3) is 2.64. The zero-order valence-corrected chi connectivity index (χ0v) is 14.5. The Hall–Kier alpha value is -2.87. The van der Waals surface area contributed by atoms with Crippen LogP contribution in [0.4, 0.5) is 0 Å². The topological polar surface area (TPSA) is 82.4 Å². The number of carbonyl (C=O) groups excluding carboxylic acids is 1. The molecule has 1 aliphatic rings. The van der Waals surface area contributed by atoms with Crippen LogP contribution in [0.5, 0.6) is 11.5 Å². The summed E-state index contributed by atoms with van der Waals surface area (Å²) in [4.78, 5) is 30.1. The largest absolute Gasteiger partial charge is 0.454 e. The first-order valence-corrected chi connectivity index (χ1v) is 8.47. The molecule has 1 aromatic carbocycles. The van der Waals surface area contributed by atoms with Crippen LogP contribution in [-0.4, -0.2) is 22.3 Å². The van der Waals surface area contributed by atoms with E-state index in [0.717, 1.165) is 5.56 Å². The summed E-state index contributed by atoms with van der Waals surface area (Å²) in [7, 11) is 1.64. The lowest BCUT2D eigenvalue weighted by Crippen LogP contribution is -2.22. The number of benzene rings is 1. The molecular weight excluding hydrogens is 342 g/mol. The van der Waals surface area contributed by atoms with Crippen molar-refractivity contribution in [1.29, 1.82) is 0 Å². The van der Waals surface area contributed by atoms with Gasteiger partial charge in [0, 0.05) is 13.6 Å². The molecule has 8 heteroatoms. The van der Waals surface area contributed by atoms with Crippen LogP contribution < -0.4 is 20.3 Å². The Morgan fingerprint density at radius 2 is 2.16 bits per heavy atom. The Labute approximate surface area is 146 Å². The second kappa shape index (κ2) is 5.89. The first-order valence-electron chi connectivity index (χ1n) is 7.66. The van der Waals surface area contributed by atoms with Crippen LogP contribution >= 0.6 is 11.3 Å². The van der Waals surface area contributed by atoms with Gasteiger partial charge in [0.25, 0.3) is 11.5 Å². The minimum atomic E-state index is -0.222.